The molecule has 94 valence electrons. The Morgan fingerprint density at radius 2 is 2.18 bits per heavy atom. The SMILES string of the molecule is CCCNC(=O)CNc1cc(N)cc(OC)c1. The molecule has 0 saturated carbocycles. The van der Waals surface area contributed by atoms with Crippen molar-refractivity contribution in [2.75, 3.05) is 31.2 Å². The molecule has 1 aromatic rings. The van der Waals surface area contributed by atoms with Gasteiger partial charge in [-0.25, -0.2) is 0 Å². The average Bonchev–Trinajstić information content (AvgIpc) is 2.33. The molecule has 1 aromatic carbocycles. The van der Waals surface area contributed by atoms with Crippen LogP contribution in [-0.4, -0.2) is 26.1 Å². The lowest BCUT2D eigenvalue weighted by Crippen LogP contribution is -2.30. The molecule has 0 fully saturated rings. The molecule has 5 nitrogen and oxygen atoms in total. The molecule has 0 unspecified atom stereocenters. The molecular weight excluding hydrogens is 218 g/mol. The monoisotopic (exact) mass is 237 g/mol. The summed E-state index contributed by atoms with van der Waals surface area (Å²) in [5.74, 6) is 0.634. The van der Waals surface area contributed by atoms with Gasteiger partial charge >= 0.3 is 0 Å². The zero-order valence-corrected chi connectivity index (χ0v) is 10.2. The van der Waals surface area contributed by atoms with E-state index in [1.807, 2.05) is 6.92 Å². The van der Waals surface area contributed by atoms with E-state index >= 15 is 0 Å². The van der Waals surface area contributed by atoms with E-state index in [2.05, 4.69) is 10.6 Å². The second kappa shape index (κ2) is 6.62. The molecule has 0 heterocycles. The lowest BCUT2D eigenvalue weighted by molar-refractivity contribution is -0.119. The topological polar surface area (TPSA) is 76.4 Å². The quantitative estimate of drug-likeness (QED) is 0.650. The maximum Gasteiger partial charge on any atom is 0.239 e. The van der Waals surface area contributed by atoms with Crippen molar-refractivity contribution >= 4 is 17.3 Å². The summed E-state index contributed by atoms with van der Waals surface area (Å²) in [5.41, 5.74) is 7.07. The molecule has 0 atom stereocenters. The predicted molar refractivity (Wildman–Crippen MR) is 69.2 cm³/mol. The van der Waals surface area contributed by atoms with E-state index in [-0.39, 0.29) is 12.5 Å². The minimum absolute atomic E-state index is 0.0340. The number of hydrogen-bond acceptors (Lipinski definition) is 4. The molecule has 1 amide bonds. The molecular formula is C12H19N3O2. The molecule has 0 aliphatic rings. The van der Waals surface area contributed by atoms with Crippen LogP contribution in [0.15, 0.2) is 18.2 Å². The lowest BCUT2D eigenvalue weighted by atomic mass is 10.2. The number of methoxy groups -OCH3 is 1. The van der Waals surface area contributed by atoms with Crippen LogP contribution in [0.4, 0.5) is 11.4 Å². The van der Waals surface area contributed by atoms with Crippen LogP contribution < -0.4 is 21.1 Å². The highest BCUT2D eigenvalue weighted by Crippen LogP contribution is 2.21. The van der Waals surface area contributed by atoms with Crippen molar-refractivity contribution in [3.8, 4) is 5.75 Å². The maximum absolute atomic E-state index is 11.4. The van der Waals surface area contributed by atoms with Gasteiger partial charge in [0.1, 0.15) is 5.75 Å². The van der Waals surface area contributed by atoms with Gasteiger partial charge in [0.25, 0.3) is 0 Å². The number of carbonyl (C=O) groups is 1. The summed E-state index contributed by atoms with van der Waals surface area (Å²) >= 11 is 0. The van der Waals surface area contributed by atoms with Crippen LogP contribution in [-0.2, 0) is 4.79 Å². The van der Waals surface area contributed by atoms with Crippen molar-refractivity contribution in [3.05, 3.63) is 18.2 Å². The fourth-order valence-corrected chi connectivity index (χ4v) is 1.35. The standard InChI is InChI=1S/C12H19N3O2/c1-3-4-14-12(16)8-15-10-5-9(13)6-11(7-10)17-2/h5-7,15H,3-4,8,13H2,1-2H3,(H,14,16). The third-order valence-electron chi connectivity index (χ3n) is 2.19. The summed E-state index contributed by atoms with van der Waals surface area (Å²) in [5, 5.41) is 5.78. The lowest BCUT2D eigenvalue weighted by Gasteiger charge is -2.09. The maximum atomic E-state index is 11.4. The van der Waals surface area contributed by atoms with Gasteiger partial charge in [0.15, 0.2) is 0 Å². The highest BCUT2D eigenvalue weighted by Gasteiger charge is 2.02. The van der Waals surface area contributed by atoms with Gasteiger partial charge in [0, 0.05) is 30.1 Å². The highest BCUT2D eigenvalue weighted by atomic mass is 16.5. The number of ether oxygens (including phenoxy) is 1. The molecule has 17 heavy (non-hydrogen) atoms. The van der Waals surface area contributed by atoms with E-state index in [0.29, 0.717) is 18.0 Å². The molecule has 5 heteroatoms. The zero-order valence-electron chi connectivity index (χ0n) is 10.2. The van der Waals surface area contributed by atoms with Crippen LogP contribution in [0.5, 0.6) is 5.75 Å². The second-order valence-corrected chi connectivity index (χ2v) is 3.70. The van der Waals surface area contributed by atoms with E-state index in [9.17, 15) is 4.79 Å². The number of hydrogen-bond donors (Lipinski definition) is 3. The summed E-state index contributed by atoms with van der Waals surface area (Å²) in [7, 11) is 1.58. The third-order valence-corrected chi connectivity index (χ3v) is 2.19. The van der Waals surface area contributed by atoms with Gasteiger partial charge in [-0.15, -0.1) is 0 Å². The van der Waals surface area contributed by atoms with Gasteiger partial charge in [-0.05, 0) is 12.5 Å². The summed E-state index contributed by atoms with van der Waals surface area (Å²) in [6.45, 7) is 2.93. The van der Waals surface area contributed by atoms with Crippen LogP contribution in [0.1, 0.15) is 13.3 Å². The Kier molecular flexibility index (Phi) is 5.13. The Bertz CT molecular complexity index is 380. The number of amides is 1. The first-order chi connectivity index (χ1) is 8.15. The number of rotatable bonds is 6. The second-order valence-electron chi connectivity index (χ2n) is 3.70. The van der Waals surface area contributed by atoms with Crippen LogP contribution in [0.3, 0.4) is 0 Å². The van der Waals surface area contributed by atoms with Gasteiger partial charge < -0.3 is 21.1 Å². The van der Waals surface area contributed by atoms with E-state index in [1.165, 1.54) is 0 Å². The Hall–Kier alpha value is -1.91. The van der Waals surface area contributed by atoms with Gasteiger partial charge in [-0.2, -0.15) is 0 Å². The molecule has 0 aromatic heterocycles. The van der Waals surface area contributed by atoms with Gasteiger partial charge in [-0.3, -0.25) is 4.79 Å². The molecule has 0 radical (unpaired) electrons. The third kappa shape index (κ3) is 4.63. The van der Waals surface area contributed by atoms with Gasteiger partial charge in [-0.1, -0.05) is 6.92 Å². The molecule has 0 aliphatic carbocycles. The van der Waals surface area contributed by atoms with Crippen LogP contribution in [0.2, 0.25) is 0 Å². The van der Waals surface area contributed by atoms with Crippen molar-refractivity contribution in [3.63, 3.8) is 0 Å². The number of nitrogens with one attached hydrogen (secondary N) is 2. The summed E-state index contributed by atoms with van der Waals surface area (Å²) in [6, 6.07) is 5.28. The Morgan fingerprint density at radius 1 is 1.41 bits per heavy atom. The number of anilines is 2. The van der Waals surface area contributed by atoms with Crippen molar-refractivity contribution in [2.24, 2.45) is 0 Å². The molecule has 0 bridgehead atoms. The summed E-state index contributed by atoms with van der Waals surface area (Å²) in [6.07, 6.45) is 0.928. The number of carbonyl (C=O) groups excluding carboxylic acids is 1. The van der Waals surface area contributed by atoms with Crippen LogP contribution in [0.25, 0.3) is 0 Å². The van der Waals surface area contributed by atoms with E-state index in [0.717, 1.165) is 12.1 Å². The normalized spacial score (nSPS) is 9.76. The molecule has 4 N–H and O–H groups in total. The van der Waals surface area contributed by atoms with Crippen LogP contribution >= 0.6 is 0 Å². The minimum atomic E-state index is -0.0340. The van der Waals surface area contributed by atoms with E-state index < -0.39 is 0 Å². The summed E-state index contributed by atoms with van der Waals surface area (Å²) in [4.78, 5) is 11.4. The average molecular weight is 237 g/mol. The summed E-state index contributed by atoms with van der Waals surface area (Å²) < 4.78 is 5.09. The Morgan fingerprint density at radius 3 is 2.82 bits per heavy atom. The molecule has 0 spiro atoms. The minimum Gasteiger partial charge on any atom is -0.497 e. The molecule has 1 rings (SSSR count). The Labute approximate surface area is 101 Å². The first-order valence-electron chi connectivity index (χ1n) is 5.60. The fraction of sp³-hybridized carbons (Fsp3) is 0.417. The van der Waals surface area contributed by atoms with E-state index in [4.69, 9.17) is 10.5 Å². The van der Waals surface area contributed by atoms with Crippen molar-refractivity contribution in [2.45, 2.75) is 13.3 Å². The number of nitrogens with two attached hydrogens (primary N) is 1. The van der Waals surface area contributed by atoms with Crippen LogP contribution in [0, 0.1) is 0 Å². The first-order valence-corrected chi connectivity index (χ1v) is 5.60. The molecule has 0 saturated heterocycles. The number of nitrogen functional groups attached to an aromatic ring is 1. The van der Waals surface area contributed by atoms with Crippen molar-refractivity contribution in [1.29, 1.82) is 0 Å². The predicted octanol–water partition coefficient (Wildman–Crippen LogP) is 1.22. The van der Waals surface area contributed by atoms with E-state index in [1.54, 1.807) is 25.3 Å². The van der Waals surface area contributed by atoms with Gasteiger partial charge in [0.2, 0.25) is 5.91 Å². The fourth-order valence-electron chi connectivity index (χ4n) is 1.35. The Balaban J connectivity index is 2.51. The zero-order chi connectivity index (χ0) is 12.7. The highest BCUT2D eigenvalue weighted by molar-refractivity contribution is 5.81. The molecule has 0 aliphatic heterocycles. The smallest absolute Gasteiger partial charge is 0.239 e. The largest absolute Gasteiger partial charge is 0.497 e. The van der Waals surface area contributed by atoms with Crippen molar-refractivity contribution in [1.82, 2.24) is 5.32 Å². The first kappa shape index (κ1) is 13.2. The van der Waals surface area contributed by atoms with Gasteiger partial charge in [0.05, 0.1) is 13.7 Å². The van der Waals surface area contributed by atoms with Crippen molar-refractivity contribution < 1.29 is 9.53 Å². The number of benzene rings is 1.